The Hall–Kier alpha value is -2.93. The first kappa shape index (κ1) is 33.1. The summed E-state index contributed by atoms with van der Waals surface area (Å²) in [5.41, 5.74) is 5.34. The number of rotatable bonds is 3. The maximum atomic E-state index is 12.6. The average molecular weight is 620 g/mol. The van der Waals surface area contributed by atoms with Crippen molar-refractivity contribution in [1.29, 1.82) is 0 Å². The molecule has 6 aromatic carbocycles. The van der Waals surface area contributed by atoms with E-state index in [1.807, 2.05) is 152 Å². The molecule has 0 saturated heterocycles. The van der Waals surface area contributed by atoms with Crippen molar-refractivity contribution in [2.45, 2.75) is 5.92 Å². The largest absolute Gasteiger partial charge is 2.00 e. The minimum atomic E-state index is -0.0997. The molecule has 1 aliphatic carbocycles. The fourth-order valence-electron chi connectivity index (χ4n) is 4.04. The Balaban J connectivity index is 0.000000329. The SMILES string of the molecule is O=C1C([c-]2cccc2)=C([c-]2cccc2)C1[c-]1cccc1.[Fe+2].[Fe+2].[Fe+2].c1cc[cH-]c1.c1cc[cH-]c1.c1cc[cH-]c1. The van der Waals surface area contributed by atoms with Crippen molar-refractivity contribution in [3.8, 4) is 0 Å². The fourth-order valence-corrected chi connectivity index (χ4v) is 4.04. The monoisotopic (exact) mass is 620 g/mol. The van der Waals surface area contributed by atoms with E-state index in [-0.39, 0.29) is 62.9 Å². The normalized spacial score (nSPS) is 12.8. The number of allylic oxidation sites excluding steroid dienone is 2. The van der Waals surface area contributed by atoms with Gasteiger partial charge in [-0.25, -0.2) is 48.5 Å². The van der Waals surface area contributed by atoms with E-state index in [0.29, 0.717) is 0 Å². The van der Waals surface area contributed by atoms with Gasteiger partial charge < -0.3 is 4.79 Å². The minimum Gasteiger partial charge on any atom is -0.352 e. The van der Waals surface area contributed by atoms with Gasteiger partial charge in [0.1, 0.15) is 0 Å². The number of hydrogen-bond donors (Lipinski definition) is 0. The van der Waals surface area contributed by atoms with E-state index in [9.17, 15) is 4.79 Å². The van der Waals surface area contributed by atoms with Gasteiger partial charge in [-0.1, -0.05) is 5.92 Å². The zero-order valence-electron chi connectivity index (χ0n) is 20.6. The van der Waals surface area contributed by atoms with Gasteiger partial charge in [-0.3, -0.25) is 0 Å². The Labute approximate surface area is 257 Å². The number of Topliss-reactive ketones (excluding diaryl/α,β-unsaturated/α-hetero) is 1. The molecule has 0 amide bonds. The number of hydrogen-bond acceptors (Lipinski definition) is 1. The molecule has 0 aromatic heterocycles. The Morgan fingerprint density at radius 3 is 1.16 bits per heavy atom. The molecule has 38 heavy (non-hydrogen) atoms. The number of carbonyl (C=O) groups excluding carboxylic acids is 1. The third-order valence-corrected chi connectivity index (χ3v) is 5.68. The molecule has 0 spiro atoms. The van der Waals surface area contributed by atoms with Crippen LogP contribution in [0.3, 0.4) is 0 Å². The Morgan fingerprint density at radius 1 is 0.474 bits per heavy atom. The van der Waals surface area contributed by atoms with Crippen LogP contribution < -0.4 is 0 Å². The van der Waals surface area contributed by atoms with Crippen LogP contribution in [0.4, 0.5) is 0 Å². The molecule has 4 heteroatoms. The summed E-state index contributed by atoms with van der Waals surface area (Å²) >= 11 is 0. The van der Waals surface area contributed by atoms with Crippen LogP contribution in [-0.2, 0) is 56.0 Å². The molecule has 0 aliphatic heterocycles. The molecule has 0 bridgehead atoms. The van der Waals surface area contributed by atoms with Crippen molar-refractivity contribution >= 4 is 16.9 Å². The molecule has 0 heterocycles. The van der Waals surface area contributed by atoms with E-state index in [4.69, 9.17) is 0 Å². The van der Waals surface area contributed by atoms with Crippen LogP contribution in [0.1, 0.15) is 22.6 Å². The predicted octanol–water partition coefficient (Wildman–Crippen LogP) is 8.33. The second kappa shape index (κ2) is 18.3. The van der Waals surface area contributed by atoms with E-state index in [2.05, 4.69) is 12.1 Å². The topological polar surface area (TPSA) is 17.1 Å². The maximum absolute atomic E-state index is 12.6. The third-order valence-electron chi connectivity index (χ3n) is 5.68. The second-order valence-electron chi connectivity index (χ2n) is 8.04. The number of carbonyl (C=O) groups is 1. The standard InChI is InChI=1S/C19H13O.3C5H5.3Fe/c20-19-17(14-9-3-4-10-14)16(13-7-1-2-8-13)18(19)15-11-5-6-12-15;3*1-2-4-5-3-1;;;/h1-12,17H;3*1-5H;;;/q-3;3*-1;3*+2. The molecule has 1 unspecified atom stereocenters. The third kappa shape index (κ3) is 9.12. The first-order valence-electron chi connectivity index (χ1n) is 11.8. The molecule has 0 saturated carbocycles. The summed E-state index contributed by atoms with van der Waals surface area (Å²) < 4.78 is 0. The summed E-state index contributed by atoms with van der Waals surface area (Å²) in [6.45, 7) is 0. The summed E-state index contributed by atoms with van der Waals surface area (Å²) in [5.74, 6) is 0.135. The van der Waals surface area contributed by atoms with Crippen LogP contribution >= 0.6 is 0 Å². The first-order valence-corrected chi connectivity index (χ1v) is 11.8. The van der Waals surface area contributed by atoms with Gasteiger partial charge in [-0.2, -0.15) is 114 Å². The van der Waals surface area contributed by atoms with Crippen molar-refractivity contribution in [3.63, 3.8) is 0 Å². The van der Waals surface area contributed by atoms with Gasteiger partial charge in [0.05, 0.1) is 0 Å². The molecular formula is C34H28Fe3O. The molecule has 0 N–H and O–H groups in total. The van der Waals surface area contributed by atoms with Gasteiger partial charge in [-0.05, 0) is 0 Å². The maximum Gasteiger partial charge on any atom is 2.00 e. The fraction of sp³-hybridized carbons (Fsp3) is 0.0294. The molecule has 1 atom stereocenters. The van der Waals surface area contributed by atoms with Crippen molar-refractivity contribution in [2.75, 3.05) is 0 Å². The summed E-state index contributed by atoms with van der Waals surface area (Å²) in [4.78, 5) is 12.6. The van der Waals surface area contributed by atoms with E-state index in [1.165, 1.54) is 0 Å². The van der Waals surface area contributed by atoms with Crippen LogP contribution in [0.2, 0.25) is 0 Å². The molecular weight excluding hydrogens is 592 g/mol. The molecule has 1 nitrogen and oxygen atoms in total. The van der Waals surface area contributed by atoms with Gasteiger partial charge >= 0.3 is 51.2 Å². The van der Waals surface area contributed by atoms with Gasteiger partial charge in [0.25, 0.3) is 0 Å². The number of ketones is 1. The summed E-state index contributed by atoms with van der Waals surface area (Å²) in [6.07, 6.45) is 0. The molecule has 6 aromatic rings. The smallest absolute Gasteiger partial charge is 0.352 e. The summed E-state index contributed by atoms with van der Waals surface area (Å²) in [7, 11) is 0. The van der Waals surface area contributed by atoms with Crippen molar-refractivity contribution in [3.05, 3.63) is 180 Å². The zero-order chi connectivity index (χ0) is 24.1. The predicted molar refractivity (Wildman–Crippen MR) is 147 cm³/mol. The van der Waals surface area contributed by atoms with Crippen molar-refractivity contribution < 1.29 is 56.0 Å². The van der Waals surface area contributed by atoms with Crippen molar-refractivity contribution in [2.24, 2.45) is 0 Å². The van der Waals surface area contributed by atoms with Crippen molar-refractivity contribution in [1.82, 2.24) is 0 Å². The van der Waals surface area contributed by atoms with Gasteiger partial charge in [0.15, 0.2) is 0 Å². The molecule has 1 aliphatic rings. The van der Waals surface area contributed by atoms with E-state index < -0.39 is 0 Å². The van der Waals surface area contributed by atoms with E-state index in [0.717, 1.165) is 27.8 Å². The minimum absolute atomic E-state index is 0. The Kier molecular flexibility index (Phi) is 16.0. The van der Waals surface area contributed by atoms with Gasteiger partial charge in [0, 0.05) is 5.78 Å². The van der Waals surface area contributed by atoms with E-state index >= 15 is 0 Å². The van der Waals surface area contributed by atoms with E-state index in [1.54, 1.807) is 0 Å². The van der Waals surface area contributed by atoms with Crippen LogP contribution in [-0.4, -0.2) is 5.78 Å². The first-order chi connectivity index (χ1) is 17.4. The van der Waals surface area contributed by atoms with Crippen LogP contribution in [0.5, 0.6) is 0 Å². The summed E-state index contributed by atoms with van der Waals surface area (Å²) in [6, 6.07) is 54.3. The van der Waals surface area contributed by atoms with Gasteiger partial charge in [0.2, 0.25) is 0 Å². The van der Waals surface area contributed by atoms with Crippen LogP contribution in [0.15, 0.2) is 164 Å². The summed E-state index contributed by atoms with van der Waals surface area (Å²) in [5, 5.41) is 0. The van der Waals surface area contributed by atoms with Crippen LogP contribution in [0, 0.1) is 0 Å². The molecule has 194 valence electrons. The molecule has 0 fully saturated rings. The Morgan fingerprint density at radius 2 is 0.816 bits per heavy atom. The quantitative estimate of drug-likeness (QED) is 0.144. The van der Waals surface area contributed by atoms with Gasteiger partial charge in [-0.15, -0.1) is 28.8 Å². The average Bonchev–Trinajstić information content (AvgIpc) is 3.75. The van der Waals surface area contributed by atoms with Crippen LogP contribution in [0.25, 0.3) is 11.1 Å². The second-order valence-corrected chi connectivity index (χ2v) is 8.04. The zero-order valence-corrected chi connectivity index (χ0v) is 23.9. The molecule has 0 radical (unpaired) electrons. The molecule has 7 rings (SSSR count). The Bertz CT molecular complexity index is 1200.